The Morgan fingerprint density at radius 2 is 2.12 bits per heavy atom. The normalized spacial score (nSPS) is 16.9. The van der Waals surface area contributed by atoms with Crippen LogP contribution < -0.4 is 5.76 Å². The Balaban J connectivity index is 2.13. The highest BCUT2D eigenvalue weighted by Gasteiger charge is 2.48. The van der Waals surface area contributed by atoms with Crippen molar-refractivity contribution in [2.24, 2.45) is 5.92 Å². The van der Waals surface area contributed by atoms with Gasteiger partial charge in [0.05, 0.1) is 5.52 Å². The number of halogens is 2. The quantitative estimate of drug-likeness (QED) is 0.853. The predicted octanol–water partition coefficient (Wildman–Crippen LogP) is 2.62. The molecule has 16 heavy (non-hydrogen) atoms. The fraction of sp³-hybridized carbons (Fsp3) is 0.364. The van der Waals surface area contributed by atoms with E-state index in [4.69, 9.17) is 4.42 Å². The number of hydrogen-bond donors (Lipinski definition) is 1. The second-order valence-corrected chi connectivity index (χ2v) is 4.12. The Kier molecular flexibility index (Phi) is 1.75. The molecule has 0 unspecified atom stereocenters. The third-order valence-electron chi connectivity index (χ3n) is 2.90. The number of nitrogens with one attached hydrogen (secondary N) is 1. The Bertz CT molecular complexity index is 595. The number of aromatic amines is 1. The van der Waals surface area contributed by atoms with E-state index in [1.165, 1.54) is 18.2 Å². The minimum absolute atomic E-state index is 0.0785. The minimum Gasteiger partial charge on any atom is -0.408 e. The summed E-state index contributed by atoms with van der Waals surface area (Å²) in [6.07, 6.45) is 1.12. The zero-order chi connectivity index (χ0) is 11.3. The lowest BCUT2D eigenvalue weighted by Crippen LogP contribution is -2.15. The summed E-state index contributed by atoms with van der Waals surface area (Å²) in [5.41, 5.74) is 0.549. The molecule has 0 bridgehead atoms. The fourth-order valence-electron chi connectivity index (χ4n) is 1.83. The van der Waals surface area contributed by atoms with Gasteiger partial charge in [0.2, 0.25) is 0 Å². The first-order valence-electron chi connectivity index (χ1n) is 5.08. The first-order valence-corrected chi connectivity index (χ1v) is 5.08. The van der Waals surface area contributed by atoms with E-state index in [1.807, 2.05) is 0 Å². The highest BCUT2D eigenvalue weighted by atomic mass is 19.3. The molecule has 1 aliphatic rings. The number of hydrogen-bond acceptors (Lipinski definition) is 2. The van der Waals surface area contributed by atoms with E-state index < -0.39 is 17.6 Å². The second kappa shape index (κ2) is 2.93. The largest absolute Gasteiger partial charge is 0.417 e. The van der Waals surface area contributed by atoms with E-state index >= 15 is 0 Å². The molecule has 0 radical (unpaired) electrons. The van der Waals surface area contributed by atoms with Crippen molar-refractivity contribution in [1.82, 2.24) is 4.98 Å². The maximum Gasteiger partial charge on any atom is 0.417 e. The smallest absolute Gasteiger partial charge is 0.408 e. The summed E-state index contributed by atoms with van der Waals surface area (Å²) < 4.78 is 32.3. The first kappa shape index (κ1) is 9.57. The van der Waals surface area contributed by atoms with Crippen molar-refractivity contribution >= 4 is 11.1 Å². The summed E-state index contributed by atoms with van der Waals surface area (Å²) in [5, 5.41) is 0. The molecule has 0 amide bonds. The van der Waals surface area contributed by atoms with Gasteiger partial charge in [0.25, 0.3) is 5.92 Å². The maximum absolute atomic E-state index is 13.7. The number of oxazole rings is 1. The van der Waals surface area contributed by atoms with Gasteiger partial charge < -0.3 is 4.42 Å². The number of aromatic nitrogens is 1. The number of H-pyrrole nitrogens is 1. The SMILES string of the molecule is O=c1[nH]c2ccc(C(F)(F)C3CC3)cc2o1. The second-order valence-electron chi connectivity index (χ2n) is 4.12. The monoisotopic (exact) mass is 225 g/mol. The van der Waals surface area contributed by atoms with Gasteiger partial charge in [0.1, 0.15) is 0 Å². The Morgan fingerprint density at radius 3 is 2.81 bits per heavy atom. The van der Waals surface area contributed by atoms with E-state index in [2.05, 4.69) is 4.98 Å². The Morgan fingerprint density at radius 1 is 1.38 bits per heavy atom. The van der Waals surface area contributed by atoms with E-state index in [1.54, 1.807) is 0 Å². The van der Waals surface area contributed by atoms with Gasteiger partial charge in [0, 0.05) is 11.5 Å². The van der Waals surface area contributed by atoms with Crippen molar-refractivity contribution in [3.05, 3.63) is 34.3 Å². The molecule has 0 aliphatic heterocycles. The molecule has 1 aromatic heterocycles. The molecular weight excluding hydrogens is 216 g/mol. The van der Waals surface area contributed by atoms with Gasteiger partial charge in [-0.15, -0.1) is 0 Å². The van der Waals surface area contributed by atoms with Crippen LogP contribution in [0.25, 0.3) is 11.1 Å². The number of fused-ring (bicyclic) bond motifs is 1. The van der Waals surface area contributed by atoms with Crippen LogP contribution in [0.3, 0.4) is 0 Å². The standard InChI is InChI=1S/C11H9F2NO2/c12-11(13,6-1-2-6)7-3-4-8-9(5-7)16-10(15)14-8/h3-6H,1-2H2,(H,14,15). The van der Waals surface area contributed by atoms with Crippen LogP contribution in [0.15, 0.2) is 27.4 Å². The molecule has 0 saturated heterocycles. The van der Waals surface area contributed by atoms with Crippen LogP contribution in [-0.4, -0.2) is 4.98 Å². The van der Waals surface area contributed by atoms with Crippen LogP contribution >= 0.6 is 0 Å². The molecular formula is C11H9F2NO2. The number of rotatable bonds is 2. The Labute approximate surface area is 89.1 Å². The van der Waals surface area contributed by atoms with Crippen molar-refractivity contribution in [2.45, 2.75) is 18.8 Å². The van der Waals surface area contributed by atoms with Gasteiger partial charge >= 0.3 is 5.76 Å². The molecule has 2 aromatic rings. The molecule has 3 rings (SSSR count). The molecule has 1 heterocycles. The summed E-state index contributed by atoms with van der Waals surface area (Å²) in [4.78, 5) is 13.3. The van der Waals surface area contributed by atoms with Gasteiger partial charge in [0.15, 0.2) is 5.58 Å². The zero-order valence-electron chi connectivity index (χ0n) is 8.30. The molecule has 1 aromatic carbocycles. The minimum atomic E-state index is -2.82. The molecule has 0 atom stereocenters. The van der Waals surface area contributed by atoms with Crippen LogP contribution in [0.5, 0.6) is 0 Å². The lowest BCUT2D eigenvalue weighted by atomic mass is 10.0. The summed E-state index contributed by atoms with van der Waals surface area (Å²) >= 11 is 0. The van der Waals surface area contributed by atoms with Crippen molar-refractivity contribution in [2.75, 3.05) is 0 Å². The van der Waals surface area contributed by atoms with Gasteiger partial charge in [-0.2, -0.15) is 0 Å². The highest BCUT2D eigenvalue weighted by molar-refractivity contribution is 5.73. The van der Waals surface area contributed by atoms with Crippen molar-refractivity contribution in [3.63, 3.8) is 0 Å². The van der Waals surface area contributed by atoms with E-state index in [-0.39, 0.29) is 11.1 Å². The fourth-order valence-corrected chi connectivity index (χ4v) is 1.83. The van der Waals surface area contributed by atoms with Crippen molar-refractivity contribution < 1.29 is 13.2 Å². The maximum atomic E-state index is 13.7. The van der Waals surface area contributed by atoms with Crippen LogP contribution in [-0.2, 0) is 5.92 Å². The molecule has 3 nitrogen and oxygen atoms in total. The van der Waals surface area contributed by atoms with Gasteiger partial charge in [-0.1, -0.05) is 6.07 Å². The van der Waals surface area contributed by atoms with E-state index in [0.29, 0.717) is 18.4 Å². The average molecular weight is 225 g/mol. The molecule has 1 saturated carbocycles. The lowest BCUT2D eigenvalue weighted by molar-refractivity contribution is -0.0284. The number of benzene rings is 1. The first-order chi connectivity index (χ1) is 7.57. The summed E-state index contributed by atoms with van der Waals surface area (Å²) in [6, 6.07) is 4.03. The van der Waals surface area contributed by atoms with Gasteiger partial charge in [-0.05, 0) is 25.0 Å². The Hall–Kier alpha value is -1.65. The summed E-state index contributed by atoms with van der Waals surface area (Å²) in [5.74, 6) is -4.00. The van der Waals surface area contributed by atoms with E-state index in [9.17, 15) is 13.6 Å². The lowest BCUT2D eigenvalue weighted by Gasteiger charge is -2.15. The molecule has 84 valence electrons. The van der Waals surface area contributed by atoms with Crippen LogP contribution in [0.1, 0.15) is 18.4 Å². The van der Waals surface area contributed by atoms with Crippen LogP contribution in [0, 0.1) is 5.92 Å². The third kappa shape index (κ3) is 1.35. The average Bonchev–Trinajstić information content (AvgIpc) is 3.00. The van der Waals surface area contributed by atoms with E-state index in [0.717, 1.165) is 0 Å². The van der Waals surface area contributed by atoms with Crippen molar-refractivity contribution in [3.8, 4) is 0 Å². The molecule has 5 heteroatoms. The molecule has 1 aliphatic carbocycles. The zero-order valence-corrected chi connectivity index (χ0v) is 8.30. The van der Waals surface area contributed by atoms with Gasteiger partial charge in [-0.25, -0.2) is 13.6 Å². The predicted molar refractivity (Wildman–Crippen MR) is 53.5 cm³/mol. The summed E-state index contributed by atoms with van der Waals surface area (Å²) in [7, 11) is 0. The summed E-state index contributed by atoms with van der Waals surface area (Å²) in [6.45, 7) is 0. The highest BCUT2D eigenvalue weighted by Crippen LogP contribution is 2.49. The van der Waals surface area contributed by atoms with Crippen LogP contribution in [0.4, 0.5) is 8.78 Å². The molecule has 0 spiro atoms. The number of alkyl halides is 2. The van der Waals surface area contributed by atoms with Crippen LogP contribution in [0.2, 0.25) is 0 Å². The molecule has 1 fully saturated rings. The molecule has 1 N–H and O–H groups in total. The van der Waals surface area contributed by atoms with Crippen molar-refractivity contribution in [1.29, 1.82) is 0 Å². The third-order valence-corrected chi connectivity index (χ3v) is 2.90. The van der Waals surface area contributed by atoms with Gasteiger partial charge in [-0.3, -0.25) is 4.98 Å². The topological polar surface area (TPSA) is 46.0 Å².